The first kappa shape index (κ1) is 21.8. The molecular formula is C18H28ClN3O2S. The van der Waals surface area contributed by atoms with Crippen LogP contribution >= 0.6 is 24.2 Å². The van der Waals surface area contributed by atoms with Crippen molar-refractivity contribution in [3.63, 3.8) is 0 Å². The number of non-ortho nitro benzene ring substituents is 1. The van der Waals surface area contributed by atoms with Crippen molar-refractivity contribution in [3.8, 4) is 0 Å². The summed E-state index contributed by atoms with van der Waals surface area (Å²) in [5.74, 6) is 2.29. The molecule has 1 fully saturated rings. The molecule has 1 aliphatic heterocycles. The van der Waals surface area contributed by atoms with Gasteiger partial charge in [0.15, 0.2) is 5.17 Å². The number of nitro benzene ring substituents is 1. The molecule has 25 heavy (non-hydrogen) atoms. The van der Waals surface area contributed by atoms with Crippen LogP contribution in [0.1, 0.15) is 39.7 Å². The zero-order chi connectivity index (χ0) is 17.9. The van der Waals surface area contributed by atoms with Gasteiger partial charge < -0.3 is 4.90 Å². The highest BCUT2D eigenvalue weighted by Crippen LogP contribution is 2.32. The summed E-state index contributed by atoms with van der Waals surface area (Å²) in [5, 5.41) is 11.9. The van der Waals surface area contributed by atoms with Gasteiger partial charge in [-0.1, -0.05) is 39.5 Å². The second kappa shape index (κ2) is 9.43. The van der Waals surface area contributed by atoms with Crippen molar-refractivity contribution in [1.82, 2.24) is 4.90 Å². The monoisotopic (exact) mass is 385 g/mol. The number of amidine groups is 1. The second-order valence-corrected chi connectivity index (χ2v) is 8.25. The van der Waals surface area contributed by atoms with Crippen molar-refractivity contribution in [2.75, 3.05) is 12.3 Å². The topological polar surface area (TPSA) is 58.7 Å². The van der Waals surface area contributed by atoms with Crippen LogP contribution in [0.15, 0.2) is 23.2 Å². The van der Waals surface area contributed by atoms with E-state index in [0.29, 0.717) is 17.9 Å². The molecule has 140 valence electrons. The predicted octanol–water partition coefficient (Wildman–Crippen LogP) is 5.43. The van der Waals surface area contributed by atoms with Crippen LogP contribution in [-0.4, -0.2) is 33.3 Å². The Hall–Kier alpha value is -1.27. The highest BCUT2D eigenvalue weighted by molar-refractivity contribution is 8.14. The van der Waals surface area contributed by atoms with Gasteiger partial charge in [-0.15, -0.1) is 12.4 Å². The summed E-state index contributed by atoms with van der Waals surface area (Å²) in [7, 11) is 0. The van der Waals surface area contributed by atoms with Crippen LogP contribution in [0.2, 0.25) is 0 Å². The fourth-order valence-corrected chi connectivity index (χ4v) is 4.15. The van der Waals surface area contributed by atoms with Gasteiger partial charge >= 0.3 is 0 Å². The van der Waals surface area contributed by atoms with Gasteiger partial charge in [0.1, 0.15) is 0 Å². The molecule has 1 aromatic rings. The number of nitro groups is 1. The molecule has 1 aromatic carbocycles. The number of hydrogen-bond acceptors (Lipinski definition) is 4. The first-order valence-electron chi connectivity index (χ1n) is 8.51. The first-order chi connectivity index (χ1) is 11.3. The number of nitrogens with zero attached hydrogens (tertiary/aromatic N) is 3. The molecule has 0 bridgehead atoms. The van der Waals surface area contributed by atoms with Crippen LogP contribution in [-0.2, 0) is 0 Å². The van der Waals surface area contributed by atoms with E-state index in [9.17, 15) is 10.1 Å². The normalized spacial score (nSPS) is 18.9. The van der Waals surface area contributed by atoms with E-state index in [2.05, 4.69) is 32.6 Å². The average molecular weight is 386 g/mol. The number of aliphatic imine (C=N–C) groups is 1. The van der Waals surface area contributed by atoms with E-state index >= 15 is 0 Å². The van der Waals surface area contributed by atoms with Gasteiger partial charge in [0, 0.05) is 30.5 Å². The molecule has 0 aliphatic carbocycles. The largest absolute Gasteiger partial charge is 0.347 e. The lowest BCUT2D eigenvalue weighted by Gasteiger charge is -2.28. The predicted molar refractivity (Wildman–Crippen MR) is 109 cm³/mol. The third kappa shape index (κ3) is 5.89. The minimum atomic E-state index is -0.363. The number of hydrogen-bond donors (Lipinski definition) is 0. The Morgan fingerprint density at radius 2 is 2.00 bits per heavy atom. The molecule has 1 heterocycles. The maximum absolute atomic E-state index is 10.9. The lowest BCUT2D eigenvalue weighted by Crippen LogP contribution is -2.37. The molecule has 0 amide bonds. The number of thioether (sulfide) groups is 1. The zero-order valence-corrected chi connectivity index (χ0v) is 17.2. The Kier molecular flexibility index (Phi) is 8.22. The average Bonchev–Trinajstić information content (AvgIpc) is 2.82. The van der Waals surface area contributed by atoms with Crippen molar-refractivity contribution in [1.29, 1.82) is 0 Å². The summed E-state index contributed by atoms with van der Waals surface area (Å²) < 4.78 is 0. The third-order valence-corrected chi connectivity index (χ3v) is 5.14. The summed E-state index contributed by atoms with van der Waals surface area (Å²) >= 11 is 1.80. The SMILES string of the molecule is Cc1cc([N+](=O)[O-])ccc1/N=C1\SC[C@@H](CC(C)C)N1CC(C)C.Cl. The van der Waals surface area contributed by atoms with Gasteiger partial charge in [0.2, 0.25) is 0 Å². The van der Waals surface area contributed by atoms with Gasteiger partial charge in [0.25, 0.3) is 5.69 Å². The molecule has 0 aromatic heterocycles. The van der Waals surface area contributed by atoms with E-state index in [0.717, 1.165) is 35.1 Å². The summed E-state index contributed by atoms with van der Waals surface area (Å²) in [4.78, 5) is 17.8. The standard InChI is InChI=1S/C18H27N3O2S.ClH/c1-12(2)8-16-11-24-18(20(16)10-13(3)4)19-17-7-6-15(21(22)23)9-14(17)5;/h6-7,9,12-13,16H,8,10-11H2,1-5H3;1H/b19-18-;/t16-;/m1./s1. The molecule has 0 unspecified atom stereocenters. The van der Waals surface area contributed by atoms with Crippen LogP contribution in [0.5, 0.6) is 0 Å². The molecule has 7 heteroatoms. The van der Waals surface area contributed by atoms with Crippen LogP contribution in [0.3, 0.4) is 0 Å². The summed E-state index contributed by atoms with van der Waals surface area (Å²) in [5.41, 5.74) is 1.78. The van der Waals surface area contributed by atoms with E-state index in [4.69, 9.17) is 4.99 Å². The fourth-order valence-electron chi connectivity index (χ4n) is 2.94. The molecule has 0 spiro atoms. The molecule has 1 aliphatic rings. The maximum Gasteiger partial charge on any atom is 0.269 e. The third-order valence-electron chi connectivity index (χ3n) is 4.00. The smallest absolute Gasteiger partial charge is 0.269 e. The van der Waals surface area contributed by atoms with Crippen molar-refractivity contribution >= 4 is 40.7 Å². The Balaban J connectivity index is 0.00000312. The quantitative estimate of drug-likeness (QED) is 0.483. The van der Waals surface area contributed by atoms with Crippen LogP contribution in [0.4, 0.5) is 11.4 Å². The molecule has 2 rings (SSSR count). The highest BCUT2D eigenvalue weighted by Gasteiger charge is 2.31. The lowest BCUT2D eigenvalue weighted by atomic mass is 10.0. The summed E-state index contributed by atoms with van der Waals surface area (Å²) in [6.45, 7) is 11.8. The molecule has 5 nitrogen and oxygen atoms in total. The van der Waals surface area contributed by atoms with Gasteiger partial charge in [-0.25, -0.2) is 4.99 Å². The van der Waals surface area contributed by atoms with Gasteiger partial charge in [-0.2, -0.15) is 0 Å². The minimum absolute atomic E-state index is 0. The van der Waals surface area contributed by atoms with E-state index < -0.39 is 0 Å². The molecule has 1 atom stereocenters. The van der Waals surface area contributed by atoms with Crippen molar-refractivity contribution in [2.45, 2.75) is 47.1 Å². The van der Waals surface area contributed by atoms with E-state index in [1.807, 2.05) is 6.92 Å². The van der Waals surface area contributed by atoms with Crippen molar-refractivity contribution in [3.05, 3.63) is 33.9 Å². The van der Waals surface area contributed by atoms with Crippen LogP contribution in [0.25, 0.3) is 0 Å². The Morgan fingerprint density at radius 3 is 2.52 bits per heavy atom. The number of benzene rings is 1. The lowest BCUT2D eigenvalue weighted by molar-refractivity contribution is -0.384. The summed E-state index contributed by atoms with van der Waals surface area (Å²) in [6, 6.07) is 5.40. The zero-order valence-electron chi connectivity index (χ0n) is 15.6. The molecule has 0 radical (unpaired) electrons. The van der Waals surface area contributed by atoms with Gasteiger partial charge in [0.05, 0.1) is 10.6 Å². The van der Waals surface area contributed by atoms with E-state index in [-0.39, 0.29) is 23.0 Å². The fraction of sp³-hybridized carbons (Fsp3) is 0.611. The summed E-state index contributed by atoms with van der Waals surface area (Å²) in [6.07, 6.45) is 1.16. The van der Waals surface area contributed by atoms with Gasteiger partial charge in [-0.3, -0.25) is 10.1 Å². The Bertz CT molecular complexity index is 635. The molecular weight excluding hydrogens is 358 g/mol. The molecule has 0 saturated carbocycles. The van der Waals surface area contributed by atoms with Crippen LogP contribution in [0, 0.1) is 28.9 Å². The van der Waals surface area contributed by atoms with Crippen LogP contribution < -0.4 is 0 Å². The van der Waals surface area contributed by atoms with E-state index in [1.165, 1.54) is 6.07 Å². The second-order valence-electron chi connectivity index (χ2n) is 7.26. The number of rotatable bonds is 6. The van der Waals surface area contributed by atoms with Crippen molar-refractivity contribution < 1.29 is 4.92 Å². The van der Waals surface area contributed by atoms with Gasteiger partial charge in [-0.05, 0) is 36.8 Å². The Morgan fingerprint density at radius 1 is 1.32 bits per heavy atom. The highest BCUT2D eigenvalue weighted by atomic mass is 35.5. The van der Waals surface area contributed by atoms with Crippen molar-refractivity contribution in [2.24, 2.45) is 16.8 Å². The molecule has 0 N–H and O–H groups in total. The number of halogens is 1. The Labute approximate surface area is 160 Å². The molecule has 1 saturated heterocycles. The maximum atomic E-state index is 10.9. The minimum Gasteiger partial charge on any atom is -0.347 e. The number of aryl methyl sites for hydroxylation is 1. The first-order valence-corrected chi connectivity index (χ1v) is 9.49. The van der Waals surface area contributed by atoms with E-state index in [1.54, 1.807) is 23.9 Å².